The molecule has 0 bridgehead atoms. The van der Waals surface area contributed by atoms with E-state index in [1.54, 1.807) is 36.4 Å². The van der Waals surface area contributed by atoms with Gasteiger partial charge in [-0.2, -0.15) is 9.78 Å². The molecular weight excluding hydrogens is 612 g/mol. The van der Waals surface area contributed by atoms with Gasteiger partial charge in [0.15, 0.2) is 6.61 Å². The van der Waals surface area contributed by atoms with E-state index in [9.17, 15) is 9.59 Å². The highest BCUT2D eigenvalue weighted by Crippen LogP contribution is 2.32. The number of carbonyl (C=O) groups is 1. The lowest BCUT2D eigenvalue weighted by Gasteiger charge is -2.13. The average molecular weight is 633 g/mol. The van der Waals surface area contributed by atoms with E-state index >= 15 is 0 Å². The Kier molecular flexibility index (Phi) is 8.56. The molecule has 0 unspecified atom stereocenters. The second-order valence-electron chi connectivity index (χ2n) is 7.81. The molecule has 0 spiro atoms. The van der Waals surface area contributed by atoms with Gasteiger partial charge in [0.25, 0.3) is 11.5 Å². The zero-order valence-electron chi connectivity index (χ0n) is 19.2. The molecule has 1 aromatic heterocycles. The summed E-state index contributed by atoms with van der Waals surface area (Å²) in [6, 6.07) is 17.8. The van der Waals surface area contributed by atoms with E-state index in [0.717, 1.165) is 10.9 Å². The summed E-state index contributed by atoms with van der Waals surface area (Å²) < 4.78 is 8.43. The molecule has 1 N–H and O–H groups in total. The van der Waals surface area contributed by atoms with Crippen LogP contribution in [0.1, 0.15) is 24.7 Å². The Morgan fingerprint density at radius 1 is 1.17 bits per heavy atom. The second kappa shape index (κ2) is 11.8. The van der Waals surface area contributed by atoms with Gasteiger partial charge in [0, 0.05) is 27.2 Å². The summed E-state index contributed by atoms with van der Waals surface area (Å²) in [5, 5.41) is 8.11. The van der Waals surface area contributed by atoms with Crippen LogP contribution >= 0.6 is 43.5 Å². The standard InChI is InChI=1S/C26H21Br2ClN4O3/c1-2-6-23-32-22-10-9-17(27)12-20(22)26(35)33(23)30-14-16-11-18(29)13-21(28)25(16)36-15-24(34)31-19-7-4-3-5-8-19/h3-5,7-14H,2,6,15H2,1H3,(H,31,34). The fraction of sp³-hybridized carbons (Fsp3) is 0.154. The third-order valence-electron chi connectivity index (χ3n) is 5.10. The van der Waals surface area contributed by atoms with Gasteiger partial charge in [0.2, 0.25) is 0 Å². The highest BCUT2D eigenvalue weighted by molar-refractivity contribution is 9.10. The van der Waals surface area contributed by atoms with Crippen molar-refractivity contribution in [2.24, 2.45) is 5.10 Å². The van der Waals surface area contributed by atoms with Crippen LogP contribution in [-0.4, -0.2) is 28.4 Å². The molecule has 0 aliphatic carbocycles. The van der Waals surface area contributed by atoms with Gasteiger partial charge < -0.3 is 10.1 Å². The van der Waals surface area contributed by atoms with Crippen LogP contribution in [0.4, 0.5) is 5.69 Å². The van der Waals surface area contributed by atoms with Gasteiger partial charge in [-0.1, -0.05) is 52.7 Å². The van der Waals surface area contributed by atoms with E-state index in [1.165, 1.54) is 10.9 Å². The van der Waals surface area contributed by atoms with Gasteiger partial charge in [0.1, 0.15) is 11.6 Å². The molecule has 10 heteroatoms. The number of ether oxygens (including phenoxy) is 1. The molecule has 0 saturated carbocycles. The summed E-state index contributed by atoms with van der Waals surface area (Å²) >= 11 is 13.1. The van der Waals surface area contributed by atoms with Crippen molar-refractivity contribution in [1.29, 1.82) is 0 Å². The Morgan fingerprint density at radius 2 is 1.94 bits per heavy atom. The van der Waals surface area contributed by atoms with Crippen molar-refractivity contribution in [3.63, 3.8) is 0 Å². The second-order valence-corrected chi connectivity index (χ2v) is 10.0. The first-order valence-electron chi connectivity index (χ1n) is 11.1. The van der Waals surface area contributed by atoms with Gasteiger partial charge in [-0.25, -0.2) is 4.98 Å². The molecule has 0 atom stereocenters. The topological polar surface area (TPSA) is 85.6 Å². The van der Waals surface area contributed by atoms with E-state index in [2.05, 4.69) is 47.3 Å². The Labute approximate surface area is 229 Å². The quantitative estimate of drug-likeness (QED) is 0.227. The normalized spacial score (nSPS) is 11.2. The van der Waals surface area contributed by atoms with Crippen LogP contribution in [0.2, 0.25) is 5.02 Å². The average Bonchev–Trinajstić information content (AvgIpc) is 2.84. The molecule has 4 aromatic rings. The molecule has 3 aromatic carbocycles. The van der Waals surface area contributed by atoms with Crippen molar-refractivity contribution in [3.8, 4) is 5.75 Å². The summed E-state index contributed by atoms with van der Waals surface area (Å²) in [4.78, 5) is 30.3. The number of aryl methyl sites for hydroxylation is 1. The Hall–Kier alpha value is -3.01. The number of nitrogens with zero attached hydrogens (tertiary/aromatic N) is 3. The Morgan fingerprint density at radius 3 is 2.69 bits per heavy atom. The zero-order valence-corrected chi connectivity index (χ0v) is 23.1. The van der Waals surface area contributed by atoms with E-state index in [-0.39, 0.29) is 18.1 Å². The molecule has 7 nitrogen and oxygen atoms in total. The maximum absolute atomic E-state index is 13.3. The maximum atomic E-state index is 13.3. The zero-order chi connectivity index (χ0) is 25.7. The van der Waals surface area contributed by atoms with Gasteiger partial charge in [-0.15, -0.1) is 0 Å². The number of rotatable bonds is 8. The number of hydrogen-bond acceptors (Lipinski definition) is 5. The molecule has 0 aliphatic heterocycles. The lowest BCUT2D eigenvalue weighted by Crippen LogP contribution is -2.22. The van der Waals surface area contributed by atoms with Gasteiger partial charge in [-0.3, -0.25) is 9.59 Å². The van der Waals surface area contributed by atoms with Gasteiger partial charge in [0.05, 0.1) is 21.6 Å². The number of halogens is 3. The van der Waals surface area contributed by atoms with Crippen LogP contribution < -0.4 is 15.6 Å². The van der Waals surface area contributed by atoms with Crippen molar-refractivity contribution in [3.05, 3.63) is 96.4 Å². The van der Waals surface area contributed by atoms with E-state index in [0.29, 0.717) is 49.6 Å². The van der Waals surface area contributed by atoms with Gasteiger partial charge >= 0.3 is 0 Å². The minimum Gasteiger partial charge on any atom is -0.482 e. The number of para-hydroxylation sites is 1. The smallest absolute Gasteiger partial charge is 0.282 e. The van der Waals surface area contributed by atoms with Crippen molar-refractivity contribution in [2.75, 3.05) is 11.9 Å². The highest BCUT2D eigenvalue weighted by atomic mass is 79.9. The summed E-state index contributed by atoms with van der Waals surface area (Å²) in [6.45, 7) is 1.77. The Bertz CT molecular complexity index is 1510. The van der Waals surface area contributed by atoms with Crippen molar-refractivity contribution >= 4 is 72.2 Å². The first kappa shape index (κ1) is 26.1. The number of carbonyl (C=O) groups excluding carboxylic acids is 1. The lowest BCUT2D eigenvalue weighted by atomic mass is 10.2. The van der Waals surface area contributed by atoms with Crippen LogP contribution in [0, 0.1) is 0 Å². The number of amides is 1. The molecule has 0 aliphatic rings. The third kappa shape index (κ3) is 6.21. The van der Waals surface area contributed by atoms with E-state index in [4.69, 9.17) is 16.3 Å². The van der Waals surface area contributed by atoms with Crippen molar-refractivity contribution < 1.29 is 9.53 Å². The summed E-state index contributed by atoms with van der Waals surface area (Å²) in [6.07, 6.45) is 2.84. The molecule has 184 valence electrons. The molecule has 0 radical (unpaired) electrons. The maximum Gasteiger partial charge on any atom is 0.282 e. The number of nitrogens with one attached hydrogen (secondary N) is 1. The molecule has 4 rings (SSSR count). The lowest BCUT2D eigenvalue weighted by molar-refractivity contribution is -0.118. The molecule has 36 heavy (non-hydrogen) atoms. The predicted octanol–water partition coefficient (Wildman–Crippen LogP) is 6.43. The van der Waals surface area contributed by atoms with Crippen LogP contribution in [0.25, 0.3) is 10.9 Å². The van der Waals surface area contributed by atoms with E-state index in [1.807, 2.05) is 31.2 Å². The Balaban J connectivity index is 1.66. The number of anilines is 1. The first-order valence-corrected chi connectivity index (χ1v) is 13.0. The molecule has 0 saturated heterocycles. The molecule has 1 amide bonds. The van der Waals surface area contributed by atoms with Crippen LogP contribution in [0.5, 0.6) is 5.75 Å². The van der Waals surface area contributed by atoms with Crippen molar-refractivity contribution in [2.45, 2.75) is 19.8 Å². The SMILES string of the molecule is CCCc1nc2ccc(Br)cc2c(=O)n1N=Cc1cc(Cl)cc(Br)c1OCC(=O)Nc1ccccc1. The fourth-order valence-electron chi connectivity index (χ4n) is 3.50. The molecule has 0 fully saturated rings. The number of fused-ring (bicyclic) bond motifs is 1. The van der Waals surface area contributed by atoms with Crippen molar-refractivity contribution in [1.82, 2.24) is 9.66 Å². The summed E-state index contributed by atoms with van der Waals surface area (Å²) in [7, 11) is 0. The third-order valence-corrected chi connectivity index (χ3v) is 6.40. The largest absolute Gasteiger partial charge is 0.482 e. The van der Waals surface area contributed by atoms with Gasteiger partial charge in [-0.05, 0) is 64.8 Å². The fourth-order valence-corrected chi connectivity index (χ4v) is 4.81. The highest BCUT2D eigenvalue weighted by Gasteiger charge is 2.14. The number of hydrogen-bond donors (Lipinski definition) is 1. The number of benzene rings is 3. The van der Waals surface area contributed by atoms with Crippen LogP contribution in [0.3, 0.4) is 0 Å². The predicted molar refractivity (Wildman–Crippen MR) is 150 cm³/mol. The van der Waals surface area contributed by atoms with Crippen LogP contribution in [-0.2, 0) is 11.2 Å². The summed E-state index contributed by atoms with van der Waals surface area (Å²) in [5.74, 6) is 0.587. The molecular formula is C26H21Br2ClN4O3. The van der Waals surface area contributed by atoms with Crippen LogP contribution in [0.15, 0.2) is 79.5 Å². The minimum atomic E-state index is -0.323. The number of aromatic nitrogens is 2. The van der Waals surface area contributed by atoms with E-state index < -0.39 is 0 Å². The monoisotopic (exact) mass is 630 g/mol. The minimum absolute atomic E-state index is 0.234. The summed E-state index contributed by atoms with van der Waals surface area (Å²) in [5.41, 5.74) is 1.48. The molecule has 1 heterocycles. The first-order chi connectivity index (χ1) is 17.4.